The number of hydrogen-bond acceptors (Lipinski definition) is 6. The number of amides is 1. The number of carbonyl (C=O) groups is 1. The highest BCUT2D eigenvalue weighted by atomic mass is 35.5. The van der Waals surface area contributed by atoms with Gasteiger partial charge < -0.3 is 24.8 Å². The molecule has 2 aliphatic rings. The topological polar surface area (TPSA) is 81.7 Å². The van der Waals surface area contributed by atoms with Gasteiger partial charge in [0.15, 0.2) is 0 Å². The fourth-order valence-corrected chi connectivity index (χ4v) is 5.85. The molecule has 2 N–H and O–H groups in total. The van der Waals surface area contributed by atoms with Crippen LogP contribution in [-0.2, 0) is 9.47 Å². The summed E-state index contributed by atoms with van der Waals surface area (Å²) < 4.78 is 32.8. The molecule has 41 heavy (non-hydrogen) atoms. The Morgan fingerprint density at radius 3 is 2.51 bits per heavy atom. The van der Waals surface area contributed by atoms with Crippen LogP contribution in [0.15, 0.2) is 60.8 Å². The highest BCUT2D eigenvalue weighted by Gasteiger charge is 2.27. The third-order valence-corrected chi connectivity index (χ3v) is 7.65. The highest BCUT2D eigenvalue weighted by Crippen LogP contribution is 2.38. The van der Waals surface area contributed by atoms with Gasteiger partial charge in [0.05, 0.1) is 48.7 Å². The summed E-state index contributed by atoms with van der Waals surface area (Å²) in [6.07, 6.45) is 2.92. The number of anilines is 1. The normalized spacial score (nSPS) is 17.7. The number of aromatic nitrogens is 1. The maximum Gasteiger partial charge on any atom is 0.255 e. The van der Waals surface area contributed by atoms with Crippen molar-refractivity contribution in [1.82, 2.24) is 10.3 Å². The number of rotatable bonds is 5. The Balaban J connectivity index is 1.44. The molecule has 10 heteroatoms. The van der Waals surface area contributed by atoms with Crippen LogP contribution in [0.1, 0.15) is 34.8 Å². The first-order chi connectivity index (χ1) is 20.0. The fourth-order valence-electron chi connectivity index (χ4n) is 5.32. The zero-order valence-electron chi connectivity index (χ0n) is 22.1. The summed E-state index contributed by atoms with van der Waals surface area (Å²) in [6, 6.07) is 15.0. The predicted octanol–water partition coefficient (Wildman–Crippen LogP) is 6.82. The van der Waals surface area contributed by atoms with E-state index in [2.05, 4.69) is 15.6 Å². The van der Waals surface area contributed by atoms with Gasteiger partial charge in [0.1, 0.15) is 11.6 Å². The Hall–Kier alpha value is -3.43. The molecule has 0 saturated carbocycles. The maximum absolute atomic E-state index is 15.4. The first-order valence-electron chi connectivity index (χ1n) is 13.5. The van der Waals surface area contributed by atoms with Crippen LogP contribution in [0.5, 0.6) is 5.75 Å². The highest BCUT2D eigenvalue weighted by molar-refractivity contribution is 6.35. The van der Waals surface area contributed by atoms with Gasteiger partial charge in [-0.1, -0.05) is 41.4 Å². The SMILES string of the molecule is O=C(N[C@H]1CCOc2ccccc21)c1cnc2c(-c3cc(Cl)cc(Cl)c3)c(F)ccc2c1NC1COCCCOC1. The number of para-hydroxylation sites is 1. The quantitative estimate of drug-likeness (QED) is 0.263. The summed E-state index contributed by atoms with van der Waals surface area (Å²) >= 11 is 12.5. The molecular formula is C31H28Cl2FN3O4. The minimum absolute atomic E-state index is 0.235. The maximum atomic E-state index is 15.4. The molecule has 7 nitrogen and oxygen atoms in total. The van der Waals surface area contributed by atoms with Crippen LogP contribution < -0.4 is 15.4 Å². The van der Waals surface area contributed by atoms with E-state index in [-0.39, 0.29) is 23.6 Å². The Bertz CT molecular complexity index is 1570. The Morgan fingerprint density at radius 1 is 0.976 bits per heavy atom. The third-order valence-electron chi connectivity index (χ3n) is 7.21. The number of benzene rings is 3. The van der Waals surface area contributed by atoms with Gasteiger partial charge in [-0.15, -0.1) is 0 Å². The van der Waals surface area contributed by atoms with Crippen LogP contribution in [0, 0.1) is 5.82 Å². The number of pyridine rings is 1. The molecular weight excluding hydrogens is 568 g/mol. The lowest BCUT2D eigenvalue weighted by molar-refractivity contribution is 0.0288. The molecule has 1 aromatic heterocycles. The molecule has 0 aliphatic carbocycles. The Morgan fingerprint density at radius 2 is 1.73 bits per heavy atom. The molecule has 0 unspecified atom stereocenters. The molecule has 0 radical (unpaired) electrons. The third kappa shape index (κ3) is 5.97. The van der Waals surface area contributed by atoms with Crippen LogP contribution in [-0.4, -0.2) is 50.0 Å². The van der Waals surface area contributed by atoms with Gasteiger partial charge >= 0.3 is 0 Å². The van der Waals surface area contributed by atoms with Crippen LogP contribution in [0.2, 0.25) is 10.0 Å². The van der Waals surface area contributed by atoms with Gasteiger partial charge in [-0.2, -0.15) is 0 Å². The van der Waals surface area contributed by atoms with Crippen LogP contribution in [0.25, 0.3) is 22.0 Å². The largest absolute Gasteiger partial charge is 0.493 e. The second-order valence-corrected chi connectivity index (χ2v) is 10.9. The molecule has 6 rings (SSSR count). The van der Waals surface area contributed by atoms with E-state index in [9.17, 15) is 4.79 Å². The summed E-state index contributed by atoms with van der Waals surface area (Å²) in [5, 5.41) is 7.94. The first-order valence-corrected chi connectivity index (χ1v) is 14.3. The predicted molar refractivity (Wildman–Crippen MR) is 158 cm³/mol. The van der Waals surface area contributed by atoms with Gasteiger partial charge in [-0.25, -0.2) is 4.39 Å². The number of fused-ring (bicyclic) bond motifs is 2. The van der Waals surface area contributed by atoms with Gasteiger partial charge in [0.2, 0.25) is 0 Å². The smallest absolute Gasteiger partial charge is 0.255 e. The van der Waals surface area contributed by atoms with Crippen LogP contribution >= 0.6 is 23.2 Å². The lowest BCUT2D eigenvalue weighted by atomic mass is 9.97. The Labute approximate surface area is 246 Å². The van der Waals surface area contributed by atoms with Crippen molar-refractivity contribution in [2.75, 3.05) is 38.4 Å². The van der Waals surface area contributed by atoms with Gasteiger partial charge in [0, 0.05) is 52.4 Å². The van der Waals surface area contributed by atoms with E-state index in [0.717, 1.165) is 17.7 Å². The van der Waals surface area contributed by atoms with E-state index >= 15 is 4.39 Å². The van der Waals surface area contributed by atoms with E-state index < -0.39 is 5.82 Å². The number of nitrogens with zero attached hydrogens (tertiary/aromatic N) is 1. The molecule has 1 atom stereocenters. The van der Waals surface area contributed by atoms with Gasteiger partial charge in [-0.3, -0.25) is 9.78 Å². The molecule has 2 aliphatic heterocycles. The van der Waals surface area contributed by atoms with Crippen molar-refractivity contribution in [3.63, 3.8) is 0 Å². The number of ether oxygens (including phenoxy) is 3. The molecule has 0 spiro atoms. The van der Waals surface area contributed by atoms with Crippen molar-refractivity contribution >= 4 is 45.7 Å². The first kappa shape index (κ1) is 27.7. The molecule has 3 aromatic carbocycles. The van der Waals surface area contributed by atoms with Crippen molar-refractivity contribution < 1.29 is 23.4 Å². The molecule has 1 amide bonds. The molecule has 1 saturated heterocycles. The van der Waals surface area contributed by atoms with Crippen molar-refractivity contribution in [3.05, 3.63) is 87.8 Å². The number of nitrogens with one attached hydrogen (secondary N) is 2. The van der Waals surface area contributed by atoms with Gasteiger partial charge in [0.25, 0.3) is 5.91 Å². The van der Waals surface area contributed by atoms with Crippen molar-refractivity contribution in [2.45, 2.75) is 24.9 Å². The summed E-state index contributed by atoms with van der Waals surface area (Å²) in [5.41, 5.74) is 2.85. The van der Waals surface area contributed by atoms with E-state index in [1.807, 2.05) is 24.3 Å². The Kier molecular flexibility index (Phi) is 8.25. The van der Waals surface area contributed by atoms with Crippen LogP contribution in [0.4, 0.5) is 10.1 Å². The molecule has 0 bridgehead atoms. The molecule has 212 valence electrons. The summed E-state index contributed by atoms with van der Waals surface area (Å²) in [4.78, 5) is 18.5. The summed E-state index contributed by atoms with van der Waals surface area (Å²) in [7, 11) is 0. The van der Waals surface area contributed by atoms with Crippen molar-refractivity contribution in [3.8, 4) is 16.9 Å². The summed E-state index contributed by atoms with van der Waals surface area (Å²) in [6.45, 7) is 2.42. The second-order valence-electron chi connectivity index (χ2n) is 10.1. The summed E-state index contributed by atoms with van der Waals surface area (Å²) in [5.74, 6) is -0.0426. The van der Waals surface area contributed by atoms with E-state index in [0.29, 0.717) is 77.2 Å². The van der Waals surface area contributed by atoms with E-state index in [1.54, 1.807) is 24.3 Å². The van der Waals surface area contributed by atoms with Crippen molar-refractivity contribution in [2.24, 2.45) is 0 Å². The lowest BCUT2D eigenvalue weighted by Gasteiger charge is -2.28. The molecule has 3 heterocycles. The minimum Gasteiger partial charge on any atom is -0.493 e. The average molecular weight is 596 g/mol. The van der Waals surface area contributed by atoms with Crippen LogP contribution in [0.3, 0.4) is 0 Å². The molecule has 1 fully saturated rings. The van der Waals surface area contributed by atoms with Crippen molar-refractivity contribution in [1.29, 1.82) is 0 Å². The lowest BCUT2D eigenvalue weighted by Crippen LogP contribution is -2.35. The number of carbonyl (C=O) groups excluding carboxylic acids is 1. The van der Waals surface area contributed by atoms with Gasteiger partial charge in [-0.05, 0) is 48.4 Å². The standard InChI is InChI=1S/C31H28Cl2FN3O4/c32-19-12-18(13-20(33)14-19)28-25(34)7-6-23-29(36-21-16-39-9-3-10-40-17-21)24(15-35-30(23)28)31(38)37-26-8-11-41-27-5-2-1-4-22(26)27/h1-2,4-7,12-15,21,26H,3,8-11,16-17H2,(H,35,36)(H,37,38)/t26-/m0/s1. The zero-order valence-corrected chi connectivity index (χ0v) is 23.6. The molecule has 4 aromatic rings. The zero-order chi connectivity index (χ0) is 28.3. The monoisotopic (exact) mass is 595 g/mol. The van der Waals surface area contributed by atoms with E-state index in [4.69, 9.17) is 37.4 Å². The number of hydrogen-bond donors (Lipinski definition) is 2. The minimum atomic E-state index is -0.483. The number of halogens is 3. The average Bonchev–Trinajstić information content (AvgIpc) is 2.94. The second kappa shape index (κ2) is 12.2. The van der Waals surface area contributed by atoms with E-state index in [1.165, 1.54) is 12.3 Å². The fraction of sp³-hybridized carbons (Fsp3) is 0.290.